The molecule has 0 bridgehead atoms. The van der Waals surface area contributed by atoms with Crippen LogP contribution in [-0.4, -0.2) is 72.6 Å². The minimum atomic E-state index is -0.841. The number of carbonyl (C=O) groups is 1. The van der Waals surface area contributed by atoms with Crippen LogP contribution >= 0.6 is 22.7 Å². The fourth-order valence-corrected chi connectivity index (χ4v) is 9.11. The number of rotatable bonds is 10. The van der Waals surface area contributed by atoms with Gasteiger partial charge in [-0.1, -0.05) is 30.4 Å². The molecule has 3 aromatic carbocycles. The van der Waals surface area contributed by atoms with Gasteiger partial charge in [-0.3, -0.25) is 19.7 Å². The standard InChI is InChI=1S/C44H40N4O6S2/c1-51-39-17-35-37(45-21-33-15-29(31-8-12-55-25-31)6-10-47(33)43(35)49)19-41(39)53-23-27-4-3-5-28(14-27)24-54-42-20-38-36(18-40(42)52-2)44(50)48-11-7-30(16-34(48)22-46-38)32-9-13-56-26-32/h3-9,12-14,17-22,25-26,33-34,43,49H,10-11,15-16,23-24H2,1-2H3/t33-,34-,43?/m0/s1. The number of methoxy groups -OCH3 is 2. The van der Waals surface area contributed by atoms with Crippen LogP contribution in [0.3, 0.4) is 0 Å². The number of amides is 1. The number of benzene rings is 3. The second-order valence-electron chi connectivity index (χ2n) is 14.1. The van der Waals surface area contributed by atoms with Gasteiger partial charge >= 0.3 is 0 Å². The molecule has 1 amide bonds. The van der Waals surface area contributed by atoms with E-state index in [9.17, 15) is 9.90 Å². The van der Waals surface area contributed by atoms with Crippen molar-refractivity contribution in [2.24, 2.45) is 9.98 Å². The Bertz CT molecular complexity index is 2390. The smallest absolute Gasteiger partial charge is 0.257 e. The number of thiophene rings is 2. The van der Waals surface area contributed by atoms with E-state index in [1.807, 2.05) is 53.7 Å². The maximum atomic E-state index is 13.7. The third kappa shape index (κ3) is 7.05. The zero-order valence-electron chi connectivity index (χ0n) is 31.0. The van der Waals surface area contributed by atoms with Crippen LogP contribution < -0.4 is 18.9 Å². The summed E-state index contributed by atoms with van der Waals surface area (Å²) in [5.74, 6) is 1.95. The first-order valence-electron chi connectivity index (χ1n) is 18.5. The van der Waals surface area contributed by atoms with Gasteiger partial charge in [0.05, 0.1) is 43.2 Å². The molecular weight excluding hydrogens is 745 g/mol. The number of aliphatic imine (C=N–C) groups is 2. The molecule has 0 spiro atoms. The second-order valence-corrected chi connectivity index (χ2v) is 15.6. The van der Waals surface area contributed by atoms with Gasteiger partial charge in [0.2, 0.25) is 0 Å². The molecule has 10 nitrogen and oxygen atoms in total. The lowest BCUT2D eigenvalue weighted by Gasteiger charge is -2.35. The lowest BCUT2D eigenvalue weighted by molar-refractivity contribution is -0.00205. The van der Waals surface area contributed by atoms with Crippen LogP contribution in [0, 0.1) is 0 Å². The first-order chi connectivity index (χ1) is 27.4. The highest BCUT2D eigenvalue weighted by atomic mass is 32.1. The highest BCUT2D eigenvalue weighted by Gasteiger charge is 2.34. The number of nitrogens with zero attached hydrogens (tertiary/aromatic N) is 4. The summed E-state index contributed by atoms with van der Waals surface area (Å²) in [5.41, 5.74) is 9.18. The van der Waals surface area contributed by atoms with Crippen molar-refractivity contribution < 1.29 is 28.8 Å². The van der Waals surface area contributed by atoms with E-state index in [2.05, 4.69) is 50.7 Å². The van der Waals surface area contributed by atoms with Crippen LogP contribution in [0.1, 0.15) is 57.2 Å². The molecule has 3 atom stereocenters. The number of aliphatic hydroxyl groups excluding tert-OH is 1. The number of aliphatic hydroxyl groups is 1. The molecule has 0 radical (unpaired) electrons. The molecule has 9 rings (SSSR count). The number of hydrogen-bond acceptors (Lipinski definition) is 11. The molecule has 0 aliphatic carbocycles. The molecule has 284 valence electrons. The van der Waals surface area contributed by atoms with Crippen molar-refractivity contribution in [1.82, 2.24) is 9.80 Å². The fourth-order valence-electron chi connectivity index (χ4n) is 7.74. The molecule has 4 aliphatic rings. The summed E-state index contributed by atoms with van der Waals surface area (Å²) in [6.07, 6.45) is 8.78. The van der Waals surface area contributed by atoms with Gasteiger partial charge in [-0.2, -0.15) is 22.7 Å². The van der Waals surface area contributed by atoms with E-state index in [4.69, 9.17) is 28.9 Å². The van der Waals surface area contributed by atoms with Gasteiger partial charge in [-0.05, 0) is 98.1 Å². The van der Waals surface area contributed by atoms with Crippen LogP contribution in [0.15, 0.2) is 104 Å². The topological polar surface area (TPSA) is 105 Å². The SMILES string of the molecule is COc1cc2c(cc1OCc1cccc(COc3cc4c(cc3OC)C(O)N3CC=C(c5ccsc5)C[C@H]3C=N4)c1)N=C[C@@H]1CC(c3ccsc3)=CCN1C2=O. The van der Waals surface area contributed by atoms with E-state index in [0.29, 0.717) is 65.0 Å². The summed E-state index contributed by atoms with van der Waals surface area (Å²) in [6, 6.07) is 19.2. The number of hydrogen-bond donors (Lipinski definition) is 1. The van der Waals surface area contributed by atoms with Crippen molar-refractivity contribution in [3.8, 4) is 23.0 Å². The maximum Gasteiger partial charge on any atom is 0.257 e. The van der Waals surface area contributed by atoms with Crippen molar-refractivity contribution in [2.45, 2.75) is 44.4 Å². The van der Waals surface area contributed by atoms with Crippen LogP contribution in [-0.2, 0) is 13.2 Å². The first kappa shape index (κ1) is 36.1. The molecule has 0 saturated carbocycles. The van der Waals surface area contributed by atoms with Crippen LogP contribution in [0.2, 0.25) is 0 Å². The minimum Gasteiger partial charge on any atom is -0.493 e. The third-order valence-electron chi connectivity index (χ3n) is 10.8. The molecule has 6 heterocycles. The predicted molar refractivity (Wildman–Crippen MR) is 222 cm³/mol. The summed E-state index contributed by atoms with van der Waals surface area (Å²) in [4.78, 5) is 27.3. The summed E-state index contributed by atoms with van der Waals surface area (Å²) in [6.45, 7) is 1.67. The maximum absolute atomic E-state index is 13.7. The van der Waals surface area contributed by atoms with Gasteiger partial charge in [0.1, 0.15) is 19.4 Å². The number of ether oxygens (including phenoxy) is 4. The van der Waals surface area contributed by atoms with E-state index in [1.54, 1.807) is 49.0 Å². The van der Waals surface area contributed by atoms with Gasteiger partial charge in [0.25, 0.3) is 5.91 Å². The molecule has 0 saturated heterocycles. The van der Waals surface area contributed by atoms with Crippen molar-refractivity contribution in [1.29, 1.82) is 0 Å². The second kappa shape index (κ2) is 15.5. The molecule has 56 heavy (non-hydrogen) atoms. The summed E-state index contributed by atoms with van der Waals surface area (Å²) in [5, 5.41) is 20.0. The average molecular weight is 785 g/mol. The third-order valence-corrected chi connectivity index (χ3v) is 12.1. The van der Waals surface area contributed by atoms with Gasteiger partial charge in [0, 0.05) is 43.2 Å². The highest BCUT2D eigenvalue weighted by Crippen LogP contribution is 2.43. The summed E-state index contributed by atoms with van der Waals surface area (Å²) < 4.78 is 24.1. The quantitative estimate of drug-likeness (QED) is 0.151. The van der Waals surface area contributed by atoms with E-state index in [1.165, 1.54) is 22.3 Å². The fraction of sp³-hybridized carbons (Fsp3) is 0.250. The lowest BCUT2D eigenvalue weighted by Crippen LogP contribution is -2.43. The summed E-state index contributed by atoms with van der Waals surface area (Å²) >= 11 is 3.35. The molecular formula is C44H40N4O6S2. The zero-order chi connectivity index (χ0) is 38.2. The molecule has 4 aliphatic heterocycles. The Morgan fingerprint density at radius 2 is 1.34 bits per heavy atom. The van der Waals surface area contributed by atoms with Gasteiger partial charge < -0.3 is 29.0 Å². The van der Waals surface area contributed by atoms with Crippen molar-refractivity contribution >= 4 is 63.5 Å². The summed E-state index contributed by atoms with van der Waals surface area (Å²) in [7, 11) is 3.17. The Labute approximate surface area is 333 Å². The molecule has 5 aromatic rings. The van der Waals surface area contributed by atoms with E-state index in [0.717, 1.165) is 17.5 Å². The Balaban J connectivity index is 0.879. The Morgan fingerprint density at radius 3 is 2.00 bits per heavy atom. The Kier molecular flexibility index (Phi) is 10.0. The van der Waals surface area contributed by atoms with Gasteiger partial charge in [-0.25, -0.2) is 0 Å². The van der Waals surface area contributed by atoms with Crippen LogP contribution in [0.4, 0.5) is 11.4 Å². The zero-order valence-corrected chi connectivity index (χ0v) is 32.6. The Hall–Kier alpha value is -5.53. The van der Waals surface area contributed by atoms with Crippen molar-refractivity contribution in [3.63, 3.8) is 0 Å². The Morgan fingerprint density at radius 1 is 0.732 bits per heavy atom. The highest BCUT2D eigenvalue weighted by molar-refractivity contribution is 7.08. The van der Waals surface area contributed by atoms with E-state index < -0.39 is 6.23 Å². The molecule has 2 aromatic heterocycles. The van der Waals surface area contributed by atoms with Crippen molar-refractivity contribution in [3.05, 3.63) is 128 Å². The molecule has 1 unspecified atom stereocenters. The minimum absolute atomic E-state index is 0.0383. The first-order valence-corrected chi connectivity index (χ1v) is 20.4. The predicted octanol–water partition coefficient (Wildman–Crippen LogP) is 8.86. The van der Waals surface area contributed by atoms with E-state index in [-0.39, 0.29) is 31.2 Å². The largest absolute Gasteiger partial charge is 0.493 e. The van der Waals surface area contributed by atoms with Gasteiger partial charge in [0.15, 0.2) is 23.0 Å². The van der Waals surface area contributed by atoms with Crippen LogP contribution in [0.25, 0.3) is 11.1 Å². The molecule has 1 N–H and O–H groups in total. The van der Waals surface area contributed by atoms with Gasteiger partial charge in [-0.15, -0.1) is 0 Å². The normalized spacial score (nSPS) is 20.1. The number of carbonyl (C=O) groups excluding carboxylic acids is 1. The van der Waals surface area contributed by atoms with Crippen LogP contribution in [0.5, 0.6) is 23.0 Å². The molecule has 12 heteroatoms. The average Bonchev–Trinajstić information content (AvgIpc) is 3.95. The van der Waals surface area contributed by atoms with E-state index >= 15 is 0 Å². The molecule has 0 fully saturated rings. The van der Waals surface area contributed by atoms with Crippen molar-refractivity contribution in [2.75, 3.05) is 27.3 Å². The lowest BCUT2D eigenvalue weighted by atomic mass is 9.95. The number of fused-ring (bicyclic) bond motifs is 4. The monoisotopic (exact) mass is 784 g/mol.